The Bertz CT molecular complexity index is 573. The maximum atomic E-state index is 12.8. The highest BCUT2D eigenvalue weighted by atomic mass is 32.2. The maximum absolute atomic E-state index is 12.8. The van der Waals surface area contributed by atoms with E-state index >= 15 is 0 Å². The van der Waals surface area contributed by atoms with Crippen molar-refractivity contribution in [3.63, 3.8) is 0 Å². The van der Waals surface area contributed by atoms with E-state index in [9.17, 15) is 4.39 Å². The van der Waals surface area contributed by atoms with Crippen LogP contribution in [-0.4, -0.2) is 42.5 Å². The zero-order chi connectivity index (χ0) is 16.8. The first-order chi connectivity index (χ1) is 11.8. The molecule has 2 nitrogen and oxygen atoms in total. The molecule has 3 rings (SSSR count). The second kappa shape index (κ2) is 8.91. The molecule has 1 fully saturated rings. The SMILES string of the molecule is CCCCCN1CCCN(C2=CSc3cc(CF)ccc3C2)CC1. The van der Waals surface area contributed by atoms with E-state index in [0.717, 1.165) is 25.1 Å². The fourth-order valence-corrected chi connectivity index (χ4v) is 4.57. The van der Waals surface area contributed by atoms with Crippen molar-refractivity contribution in [2.24, 2.45) is 0 Å². The molecule has 0 atom stereocenters. The minimum atomic E-state index is -0.371. The lowest BCUT2D eigenvalue weighted by molar-refractivity contribution is 0.272. The average Bonchev–Trinajstić information content (AvgIpc) is 2.87. The van der Waals surface area contributed by atoms with Gasteiger partial charge in [-0.2, -0.15) is 0 Å². The molecule has 2 heterocycles. The van der Waals surface area contributed by atoms with Crippen molar-refractivity contribution in [1.29, 1.82) is 0 Å². The molecule has 24 heavy (non-hydrogen) atoms. The van der Waals surface area contributed by atoms with Crippen LogP contribution in [0.25, 0.3) is 0 Å². The molecule has 0 amide bonds. The molecule has 0 bridgehead atoms. The zero-order valence-electron chi connectivity index (χ0n) is 14.8. The Morgan fingerprint density at radius 2 is 2.04 bits per heavy atom. The van der Waals surface area contributed by atoms with Gasteiger partial charge in [0.15, 0.2) is 0 Å². The lowest BCUT2D eigenvalue weighted by Gasteiger charge is -2.29. The van der Waals surface area contributed by atoms with Gasteiger partial charge in [-0.05, 0) is 48.5 Å². The quantitative estimate of drug-likeness (QED) is 0.679. The van der Waals surface area contributed by atoms with Gasteiger partial charge in [0.2, 0.25) is 0 Å². The first kappa shape index (κ1) is 17.8. The van der Waals surface area contributed by atoms with Crippen molar-refractivity contribution in [2.75, 3.05) is 32.7 Å². The van der Waals surface area contributed by atoms with Crippen LogP contribution in [0.2, 0.25) is 0 Å². The molecule has 2 aliphatic rings. The van der Waals surface area contributed by atoms with Crippen LogP contribution in [0.1, 0.15) is 43.7 Å². The van der Waals surface area contributed by atoms with Crippen LogP contribution in [0.15, 0.2) is 34.2 Å². The van der Waals surface area contributed by atoms with Crippen LogP contribution in [-0.2, 0) is 13.1 Å². The van der Waals surface area contributed by atoms with Gasteiger partial charge < -0.3 is 9.80 Å². The van der Waals surface area contributed by atoms with Crippen LogP contribution >= 0.6 is 11.8 Å². The summed E-state index contributed by atoms with van der Waals surface area (Å²) in [6.07, 6.45) is 6.22. The molecule has 1 aromatic rings. The van der Waals surface area contributed by atoms with Gasteiger partial charge in [0.05, 0.1) is 0 Å². The number of unbranched alkanes of at least 4 members (excludes halogenated alkanes) is 2. The van der Waals surface area contributed by atoms with Crippen LogP contribution in [0.3, 0.4) is 0 Å². The predicted octanol–water partition coefficient (Wildman–Crippen LogP) is 4.84. The Balaban J connectivity index is 1.57. The molecule has 0 spiro atoms. The molecule has 4 heteroatoms. The summed E-state index contributed by atoms with van der Waals surface area (Å²) in [6.45, 7) is 7.86. The molecular weight excluding hydrogens is 319 g/mol. The Hall–Kier alpha value is -1.00. The molecule has 0 radical (unpaired) electrons. The predicted molar refractivity (Wildman–Crippen MR) is 101 cm³/mol. The lowest BCUT2D eigenvalue weighted by atomic mass is 10.1. The number of rotatable bonds is 6. The van der Waals surface area contributed by atoms with E-state index in [2.05, 4.69) is 28.2 Å². The maximum Gasteiger partial charge on any atom is 0.115 e. The zero-order valence-corrected chi connectivity index (χ0v) is 15.6. The van der Waals surface area contributed by atoms with Gasteiger partial charge >= 0.3 is 0 Å². The van der Waals surface area contributed by atoms with Gasteiger partial charge in [0.25, 0.3) is 0 Å². The van der Waals surface area contributed by atoms with Gasteiger partial charge in [0.1, 0.15) is 6.67 Å². The van der Waals surface area contributed by atoms with E-state index in [1.54, 1.807) is 11.8 Å². The largest absolute Gasteiger partial charge is 0.373 e. The Morgan fingerprint density at radius 1 is 1.12 bits per heavy atom. The average molecular weight is 349 g/mol. The van der Waals surface area contributed by atoms with Crippen LogP contribution in [0, 0.1) is 0 Å². The summed E-state index contributed by atoms with van der Waals surface area (Å²) in [6, 6.07) is 6.05. The number of alkyl halides is 1. The Labute approximate surface area is 150 Å². The van der Waals surface area contributed by atoms with Crippen molar-refractivity contribution < 1.29 is 4.39 Å². The number of hydrogen-bond acceptors (Lipinski definition) is 3. The van der Waals surface area contributed by atoms with E-state index in [1.165, 1.54) is 61.5 Å². The van der Waals surface area contributed by atoms with Crippen LogP contribution in [0.4, 0.5) is 4.39 Å². The molecule has 0 aliphatic carbocycles. The molecular formula is C20H29FN2S. The summed E-state index contributed by atoms with van der Waals surface area (Å²) in [5.41, 5.74) is 3.57. The van der Waals surface area contributed by atoms with Crippen LogP contribution in [0.5, 0.6) is 0 Å². The molecule has 1 aromatic carbocycles. The monoisotopic (exact) mass is 348 g/mol. The minimum Gasteiger partial charge on any atom is -0.373 e. The molecule has 2 aliphatic heterocycles. The van der Waals surface area contributed by atoms with Gasteiger partial charge in [0, 0.05) is 36.6 Å². The number of nitrogens with zero attached hydrogens (tertiary/aromatic N) is 2. The van der Waals surface area contributed by atoms with E-state index in [1.807, 2.05) is 12.1 Å². The van der Waals surface area contributed by atoms with Crippen molar-refractivity contribution in [1.82, 2.24) is 9.80 Å². The fraction of sp³-hybridized carbons (Fsp3) is 0.600. The number of benzene rings is 1. The Morgan fingerprint density at radius 3 is 2.88 bits per heavy atom. The van der Waals surface area contributed by atoms with Crippen molar-refractivity contribution in [3.05, 3.63) is 40.4 Å². The third-order valence-corrected chi connectivity index (χ3v) is 6.08. The first-order valence-corrected chi connectivity index (χ1v) is 10.2. The number of thioether (sulfide) groups is 1. The first-order valence-electron chi connectivity index (χ1n) is 9.31. The van der Waals surface area contributed by atoms with Gasteiger partial charge in [-0.1, -0.05) is 43.7 Å². The van der Waals surface area contributed by atoms with E-state index in [-0.39, 0.29) is 6.67 Å². The fourth-order valence-electron chi connectivity index (χ4n) is 3.56. The summed E-state index contributed by atoms with van der Waals surface area (Å²) in [7, 11) is 0. The van der Waals surface area contributed by atoms with E-state index in [4.69, 9.17) is 0 Å². The van der Waals surface area contributed by atoms with E-state index < -0.39 is 0 Å². The molecule has 0 aromatic heterocycles. The topological polar surface area (TPSA) is 6.48 Å². The molecule has 132 valence electrons. The summed E-state index contributed by atoms with van der Waals surface area (Å²) >= 11 is 1.76. The number of fused-ring (bicyclic) bond motifs is 1. The lowest BCUT2D eigenvalue weighted by Crippen LogP contribution is -2.31. The summed E-state index contributed by atoms with van der Waals surface area (Å²) < 4.78 is 12.8. The van der Waals surface area contributed by atoms with Crippen LogP contribution < -0.4 is 0 Å². The highest BCUT2D eigenvalue weighted by Gasteiger charge is 2.20. The second-order valence-corrected chi connectivity index (χ2v) is 7.78. The summed E-state index contributed by atoms with van der Waals surface area (Å²) in [4.78, 5) is 6.43. The molecule has 0 N–H and O–H groups in total. The van der Waals surface area contributed by atoms with Gasteiger partial charge in [-0.3, -0.25) is 0 Å². The number of halogens is 1. The highest BCUT2D eigenvalue weighted by Crippen LogP contribution is 2.34. The van der Waals surface area contributed by atoms with Crippen molar-refractivity contribution in [2.45, 2.75) is 50.6 Å². The second-order valence-electron chi connectivity index (χ2n) is 6.87. The number of allylic oxidation sites excluding steroid dienone is 1. The number of hydrogen-bond donors (Lipinski definition) is 0. The van der Waals surface area contributed by atoms with Gasteiger partial charge in [-0.15, -0.1) is 0 Å². The van der Waals surface area contributed by atoms with E-state index in [0.29, 0.717) is 0 Å². The normalized spacial score (nSPS) is 18.9. The summed E-state index contributed by atoms with van der Waals surface area (Å²) in [5, 5.41) is 2.29. The molecule has 0 unspecified atom stereocenters. The highest BCUT2D eigenvalue weighted by molar-refractivity contribution is 8.02. The smallest absolute Gasteiger partial charge is 0.115 e. The molecule has 0 saturated carbocycles. The minimum absolute atomic E-state index is 0.371. The summed E-state index contributed by atoms with van der Waals surface area (Å²) in [5.74, 6) is 0. The Kier molecular flexibility index (Phi) is 6.61. The standard InChI is InChI=1S/C20H29FN2S/c1-2-3-4-8-22-9-5-10-23(12-11-22)19-14-18-7-6-17(15-21)13-20(18)24-16-19/h6-7,13,16H,2-5,8-12,14-15H2,1H3. The van der Waals surface area contributed by atoms with Gasteiger partial charge in [-0.25, -0.2) is 4.39 Å². The van der Waals surface area contributed by atoms with Crippen molar-refractivity contribution in [3.8, 4) is 0 Å². The third kappa shape index (κ3) is 4.54. The molecule has 1 saturated heterocycles. The van der Waals surface area contributed by atoms with Crippen molar-refractivity contribution >= 4 is 11.8 Å². The third-order valence-electron chi connectivity index (χ3n) is 5.05.